The van der Waals surface area contributed by atoms with Crippen LogP contribution in [0, 0.1) is 11.6 Å². The van der Waals surface area contributed by atoms with Crippen LogP contribution in [0.1, 0.15) is 42.4 Å². The number of rotatable bonds is 9. The molecule has 3 aromatic carbocycles. The minimum atomic E-state index is -0.790. The average molecular weight is 477 g/mol. The molecule has 0 aliphatic heterocycles. The third kappa shape index (κ3) is 6.75. The molecule has 0 saturated heterocycles. The van der Waals surface area contributed by atoms with Crippen molar-refractivity contribution in [2.75, 3.05) is 0 Å². The van der Waals surface area contributed by atoms with E-state index in [9.17, 15) is 18.4 Å². The summed E-state index contributed by atoms with van der Waals surface area (Å²) in [4.78, 5) is 28.7. The van der Waals surface area contributed by atoms with Crippen molar-refractivity contribution < 1.29 is 18.4 Å². The number of nitrogens with zero attached hydrogens (tertiary/aromatic N) is 1. The molecular formula is C29H30F2N2O2. The molecule has 2 amide bonds. The molecule has 1 saturated carbocycles. The van der Waals surface area contributed by atoms with E-state index in [0.29, 0.717) is 12.0 Å². The van der Waals surface area contributed by atoms with Crippen molar-refractivity contribution >= 4 is 11.8 Å². The highest BCUT2D eigenvalue weighted by molar-refractivity contribution is 5.89. The first-order valence-corrected chi connectivity index (χ1v) is 12.1. The second-order valence-corrected chi connectivity index (χ2v) is 9.11. The van der Waals surface area contributed by atoms with E-state index < -0.39 is 11.9 Å². The zero-order chi connectivity index (χ0) is 24.6. The van der Waals surface area contributed by atoms with Gasteiger partial charge in [-0.15, -0.1) is 0 Å². The van der Waals surface area contributed by atoms with Gasteiger partial charge in [0, 0.05) is 19.0 Å². The molecule has 1 fully saturated rings. The van der Waals surface area contributed by atoms with Crippen molar-refractivity contribution in [3.8, 4) is 0 Å². The number of amides is 2. The summed E-state index contributed by atoms with van der Waals surface area (Å²) in [6.45, 7) is 0.114. The maximum atomic E-state index is 14.4. The lowest BCUT2D eigenvalue weighted by atomic mass is 10.0. The van der Waals surface area contributed by atoms with Crippen LogP contribution in [0.4, 0.5) is 8.78 Å². The van der Waals surface area contributed by atoms with Gasteiger partial charge in [-0.25, -0.2) is 8.78 Å². The first kappa shape index (κ1) is 24.6. The molecule has 35 heavy (non-hydrogen) atoms. The fourth-order valence-electron chi connectivity index (χ4n) is 4.61. The van der Waals surface area contributed by atoms with Crippen LogP contribution in [0.5, 0.6) is 0 Å². The topological polar surface area (TPSA) is 49.4 Å². The van der Waals surface area contributed by atoms with Gasteiger partial charge in [-0.2, -0.15) is 0 Å². The van der Waals surface area contributed by atoms with Gasteiger partial charge >= 0.3 is 0 Å². The Morgan fingerprint density at radius 3 is 2.20 bits per heavy atom. The molecule has 0 aromatic heterocycles. The summed E-state index contributed by atoms with van der Waals surface area (Å²) in [5, 5.41) is 3.14. The highest BCUT2D eigenvalue weighted by atomic mass is 19.1. The lowest BCUT2D eigenvalue weighted by molar-refractivity contribution is -0.141. The Morgan fingerprint density at radius 1 is 0.857 bits per heavy atom. The Bertz CT molecular complexity index is 1130. The first-order valence-electron chi connectivity index (χ1n) is 12.1. The van der Waals surface area contributed by atoms with E-state index in [4.69, 9.17) is 0 Å². The highest BCUT2D eigenvalue weighted by Crippen LogP contribution is 2.21. The molecule has 1 aliphatic rings. The Morgan fingerprint density at radius 2 is 1.51 bits per heavy atom. The summed E-state index contributed by atoms with van der Waals surface area (Å²) in [7, 11) is 0. The molecule has 0 bridgehead atoms. The number of halogens is 2. The fourth-order valence-corrected chi connectivity index (χ4v) is 4.61. The Balaban J connectivity index is 1.66. The molecule has 1 aliphatic carbocycles. The third-order valence-corrected chi connectivity index (χ3v) is 6.54. The van der Waals surface area contributed by atoms with Crippen LogP contribution in [0.3, 0.4) is 0 Å². The minimum absolute atomic E-state index is 0.0927. The van der Waals surface area contributed by atoms with Crippen LogP contribution in [-0.2, 0) is 29.0 Å². The van der Waals surface area contributed by atoms with Crippen LogP contribution in [0.15, 0.2) is 78.9 Å². The molecule has 6 heteroatoms. The molecule has 4 rings (SSSR count). The van der Waals surface area contributed by atoms with Crippen LogP contribution in [0.25, 0.3) is 0 Å². The quantitative estimate of drug-likeness (QED) is 0.461. The molecule has 3 aromatic rings. The van der Waals surface area contributed by atoms with Gasteiger partial charge in [0.15, 0.2) is 0 Å². The van der Waals surface area contributed by atoms with Gasteiger partial charge in [-0.05, 0) is 47.7 Å². The summed E-state index contributed by atoms with van der Waals surface area (Å²) >= 11 is 0. The minimum Gasteiger partial charge on any atom is -0.352 e. The van der Waals surface area contributed by atoms with E-state index in [1.165, 1.54) is 23.1 Å². The van der Waals surface area contributed by atoms with Gasteiger partial charge < -0.3 is 10.2 Å². The van der Waals surface area contributed by atoms with Crippen molar-refractivity contribution in [1.82, 2.24) is 10.2 Å². The lowest BCUT2D eigenvalue weighted by Gasteiger charge is -2.32. The van der Waals surface area contributed by atoms with Gasteiger partial charge in [0.1, 0.15) is 17.7 Å². The van der Waals surface area contributed by atoms with Gasteiger partial charge in [-0.3, -0.25) is 9.59 Å². The molecule has 1 unspecified atom stereocenters. The second kappa shape index (κ2) is 11.7. The lowest BCUT2D eigenvalue weighted by Crippen LogP contribution is -2.52. The molecule has 1 N–H and O–H groups in total. The standard InChI is InChI=1S/C29H30F2N2O2/c30-24-16-14-22(15-17-24)20-33(28(34)19-23-10-4-7-13-26(23)31)27(18-21-8-2-1-3-9-21)29(35)32-25-11-5-6-12-25/h1-4,7-10,13-17,25,27H,5-6,11-12,18-20H2,(H,32,35). The highest BCUT2D eigenvalue weighted by Gasteiger charge is 2.32. The van der Waals surface area contributed by atoms with Gasteiger partial charge in [0.2, 0.25) is 11.8 Å². The SMILES string of the molecule is O=C(NC1CCCC1)C(Cc1ccccc1)N(Cc1ccc(F)cc1)C(=O)Cc1ccccc1F. The van der Waals surface area contributed by atoms with Crippen LogP contribution >= 0.6 is 0 Å². The van der Waals surface area contributed by atoms with Crippen LogP contribution in [-0.4, -0.2) is 28.8 Å². The van der Waals surface area contributed by atoms with Gasteiger partial charge in [0.05, 0.1) is 6.42 Å². The van der Waals surface area contributed by atoms with Crippen LogP contribution < -0.4 is 5.32 Å². The third-order valence-electron chi connectivity index (χ3n) is 6.54. The summed E-state index contributed by atoms with van der Waals surface area (Å²) in [6, 6.07) is 20.9. The van der Waals surface area contributed by atoms with Gasteiger partial charge in [0.25, 0.3) is 0 Å². The number of hydrogen-bond acceptors (Lipinski definition) is 2. The van der Waals surface area contributed by atoms with Crippen molar-refractivity contribution in [3.63, 3.8) is 0 Å². The largest absolute Gasteiger partial charge is 0.352 e. The fraction of sp³-hybridized carbons (Fsp3) is 0.310. The van der Waals surface area contributed by atoms with E-state index in [1.807, 2.05) is 30.3 Å². The molecule has 0 radical (unpaired) electrons. The monoisotopic (exact) mass is 476 g/mol. The van der Waals surface area contributed by atoms with Gasteiger partial charge in [-0.1, -0.05) is 73.5 Å². The molecule has 0 spiro atoms. The maximum absolute atomic E-state index is 14.4. The zero-order valence-electron chi connectivity index (χ0n) is 19.6. The second-order valence-electron chi connectivity index (χ2n) is 9.11. The van der Waals surface area contributed by atoms with Crippen molar-refractivity contribution in [1.29, 1.82) is 0 Å². The predicted octanol–water partition coefficient (Wildman–Crippen LogP) is 5.21. The number of hydrogen-bond donors (Lipinski definition) is 1. The maximum Gasteiger partial charge on any atom is 0.243 e. The zero-order valence-corrected chi connectivity index (χ0v) is 19.6. The summed E-state index contributed by atoms with van der Waals surface area (Å²) in [5.74, 6) is -1.41. The first-order chi connectivity index (χ1) is 17.0. The summed E-state index contributed by atoms with van der Waals surface area (Å²) in [5.41, 5.74) is 1.89. The van der Waals surface area contributed by atoms with Crippen molar-refractivity contribution in [3.05, 3.63) is 107 Å². The van der Waals surface area contributed by atoms with Crippen LogP contribution in [0.2, 0.25) is 0 Å². The smallest absolute Gasteiger partial charge is 0.243 e. The summed E-state index contributed by atoms with van der Waals surface area (Å²) < 4.78 is 27.9. The number of carbonyl (C=O) groups excluding carboxylic acids is 2. The molecule has 182 valence electrons. The molecule has 0 heterocycles. The van der Waals surface area contributed by atoms with E-state index in [2.05, 4.69) is 5.32 Å². The Labute approximate surface area is 205 Å². The van der Waals surface area contributed by atoms with Crippen molar-refractivity contribution in [2.24, 2.45) is 0 Å². The average Bonchev–Trinajstić information content (AvgIpc) is 3.37. The molecule has 4 nitrogen and oxygen atoms in total. The predicted molar refractivity (Wildman–Crippen MR) is 131 cm³/mol. The number of benzene rings is 3. The Kier molecular flexibility index (Phi) is 8.24. The normalized spacial score (nSPS) is 14.5. The van der Waals surface area contributed by atoms with E-state index in [1.54, 1.807) is 30.3 Å². The van der Waals surface area contributed by atoms with Crippen molar-refractivity contribution in [2.45, 2.75) is 57.2 Å². The number of nitrogens with one attached hydrogen (secondary N) is 1. The molecule has 1 atom stereocenters. The van der Waals surface area contributed by atoms with E-state index in [0.717, 1.165) is 31.2 Å². The van der Waals surface area contributed by atoms with E-state index in [-0.39, 0.29) is 42.2 Å². The Hall–Kier alpha value is -3.54. The summed E-state index contributed by atoms with van der Waals surface area (Å²) in [6.07, 6.45) is 4.13. The molecular weight excluding hydrogens is 446 g/mol. The number of carbonyl (C=O) groups is 2. The van der Waals surface area contributed by atoms with E-state index >= 15 is 0 Å².